The zero-order chi connectivity index (χ0) is 23.4. The second-order valence-corrected chi connectivity index (χ2v) is 13.3. The van der Waals surface area contributed by atoms with Crippen LogP contribution in [-0.2, 0) is 14.5 Å². The molecule has 1 unspecified atom stereocenters. The van der Waals surface area contributed by atoms with Gasteiger partial charge >= 0.3 is 0 Å². The molecule has 0 aromatic heterocycles. The Morgan fingerprint density at radius 3 is 1.22 bits per heavy atom. The van der Waals surface area contributed by atoms with Crippen LogP contribution in [0.4, 0.5) is 0 Å². The first-order chi connectivity index (χ1) is 14.8. The molecule has 1 atom stereocenters. The average molecular weight is 496 g/mol. The zero-order valence-electron chi connectivity index (χ0n) is 22.9. The predicted octanol–water partition coefficient (Wildman–Crippen LogP) is 4.47. The van der Waals surface area contributed by atoms with Crippen molar-refractivity contribution in [2.45, 2.75) is 147 Å². The number of hydroxylamine groups is 3. The Morgan fingerprint density at radius 2 is 0.938 bits per heavy atom. The van der Waals surface area contributed by atoms with E-state index >= 15 is 0 Å². The summed E-state index contributed by atoms with van der Waals surface area (Å²) in [5.74, 6) is 0. The summed E-state index contributed by atoms with van der Waals surface area (Å²) in [6.07, 6.45) is 24.6. The first-order valence-electron chi connectivity index (χ1n) is 13.4. The second-order valence-electron chi connectivity index (χ2n) is 10.6. The predicted molar refractivity (Wildman–Crippen MR) is 138 cm³/mol. The minimum Gasteiger partial charge on any atom is -1.00 e. The van der Waals surface area contributed by atoms with Crippen LogP contribution in [-0.4, -0.2) is 42.6 Å². The van der Waals surface area contributed by atoms with E-state index in [1.54, 1.807) is 21.3 Å². The fourth-order valence-corrected chi connectivity index (χ4v) is 5.15. The van der Waals surface area contributed by atoms with Gasteiger partial charge in [0.2, 0.25) is 0 Å². The number of hydrogen-bond acceptors (Lipinski definition) is 3. The summed E-state index contributed by atoms with van der Waals surface area (Å²) in [6, 6.07) is 0.221. The average Bonchev–Trinajstić information content (AvgIpc) is 2.73. The van der Waals surface area contributed by atoms with Gasteiger partial charge in [0.05, 0.1) is 4.97 Å². The molecule has 0 saturated carbocycles. The van der Waals surface area contributed by atoms with Crippen molar-refractivity contribution in [3.8, 4) is 0 Å². The molecule has 0 aliphatic carbocycles. The van der Waals surface area contributed by atoms with E-state index in [1.165, 1.54) is 103 Å². The van der Waals surface area contributed by atoms with Crippen molar-refractivity contribution in [3.05, 3.63) is 0 Å². The Morgan fingerprint density at radius 1 is 0.625 bits per heavy atom. The highest BCUT2D eigenvalue weighted by atomic mass is 35.5. The van der Waals surface area contributed by atoms with Gasteiger partial charge in [0.15, 0.2) is 6.04 Å². The number of halogens is 1. The Hall–Kier alpha value is 0.347. The van der Waals surface area contributed by atoms with Crippen LogP contribution in [0.1, 0.15) is 136 Å². The maximum atomic E-state index is 5.63. The molecule has 0 spiro atoms. The fourth-order valence-electron chi connectivity index (χ4n) is 4.68. The van der Waals surface area contributed by atoms with Gasteiger partial charge in [-0.05, 0) is 11.5 Å². The van der Waals surface area contributed by atoms with Gasteiger partial charge in [-0.1, -0.05) is 117 Å². The topological polar surface area (TPSA) is 27.7 Å². The van der Waals surface area contributed by atoms with Gasteiger partial charge in [0, 0.05) is 23.1 Å². The minimum absolute atomic E-state index is 0. The molecule has 0 saturated heterocycles. The summed E-state index contributed by atoms with van der Waals surface area (Å²) in [5, 5.41) is 0.346. The molecule has 0 rings (SSSR count). The third-order valence-corrected chi connectivity index (χ3v) is 6.86. The SMILES string of the molecule is CCCCCCCCCCCCCCCCCCC(CC(C)(C)[SiH3])[N+](OC)(OC)OC.[Cl-]. The molecule has 0 N–H and O–H groups in total. The van der Waals surface area contributed by atoms with Gasteiger partial charge in [-0.2, -0.15) is 0 Å². The summed E-state index contributed by atoms with van der Waals surface area (Å²) in [7, 11) is 6.17. The summed E-state index contributed by atoms with van der Waals surface area (Å²) >= 11 is 0. The number of unbranched alkanes of at least 4 members (excludes halogenated alkanes) is 15. The van der Waals surface area contributed by atoms with E-state index in [9.17, 15) is 0 Å². The van der Waals surface area contributed by atoms with Gasteiger partial charge in [-0.25, -0.2) is 0 Å². The van der Waals surface area contributed by atoms with E-state index in [1.807, 2.05) is 0 Å². The molecule has 0 bridgehead atoms. The lowest BCUT2D eigenvalue weighted by atomic mass is 9.97. The Balaban J connectivity index is 0. The third-order valence-electron chi connectivity index (χ3n) is 6.45. The molecule has 0 amide bonds. The van der Waals surface area contributed by atoms with Crippen LogP contribution in [0, 0.1) is 0 Å². The van der Waals surface area contributed by atoms with E-state index in [0.29, 0.717) is 5.04 Å². The van der Waals surface area contributed by atoms with Crippen molar-refractivity contribution in [1.82, 2.24) is 0 Å². The standard InChI is InChI=1S/C26H58NO3Si.ClH/c1-7-8-9-10-11-12-13-14-15-16-17-18-19-20-21-22-23-25(24-26(2,3)31)27(28-4,29-5)30-6;/h25H,7-24H2,1-6,31H3;1H/q+1;/p-1. The van der Waals surface area contributed by atoms with E-state index in [-0.39, 0.29) is 23.4 Å². The van der Waals surface area contributed by atoms with Gasteiger partial charge in [0.1, 0.15) is 21.3 Å². The molecule has 6 heteroatoms. The van der Waals surface area contributed by atoms with Crippen LogP contribution in [0.5, 0.6) is 0 Å². The molecule has 0 aromatic rings. The molecule has 32 heavy (non-hydrogen) atoms. The van der Waals surface area contributed by atoms with Gasteiger partial charge in [-0.15, -0.1) is 14.5 Å². The quantitative estimate of drug-likeness (QED) is 0.0905. The van der Waals surface area contributed by atoms with Gasteiger partial charge in [-0.3, -0.25) is 0 Å². The van der Waals surface area contributed by atoms with E-state index in [0.717, 1.165) is 23.1 Å². The molecular formula is C26H58ClNO3Si. The molecule has 0 aromatic carbocycles. The highest BCUT2D eigenvalue weighted by Crippen LogP contribution is 2.34. The number of rotatable bonds is 23. The van der Waals surface area contributed by atoms with Crippen molar-refractivity contribution < 1.29 is 31.9 Å². The highest BCUT2D eigenvalue weighted by molar-refractivity contribution is 6.14. The van der Waals surface area contributed by atoms with Crippen LogP contribution in [0.2, 0.25) is 5.04 Å². The van der Waals surface area contributed by atoms with Crippen LogP contribution in [0.15, 0.2) is 0 Å². The van der Waals surface area contributed by atoms with E-state index in [2.05, 4.69) is 20.8 Å². The fraction of sp³-hybridized carbons (Fsp3) is 1.00. The Bertz CT molecular complexity index is 381. The molecule has 196 valence electrons. The first-order valence-corrected chi connectivity index (χ1v) is 14.4. The number of nitrogens with zero attached hydrogens (tertiary/aromatic N) is 1. The summed E-state index contributed by atoms with van der Waals surface area (Å²) in [6.45, 7) is 6.95. The smallest absolute Gasteiger partial charge is 0.188 e. The molecule has 4 nitrogen and oxygen atoms in total. The van der Waals surface area contributed by atoms with Crippen molar-refractivity contribution in [1.29, 1.82) is 0 Å². The summed E-state index contributed by atoms with van der Waals surface area (Å²) in [5.41, 5.74) is 0. The molecule has 0 aliphatic heterocycles. The lowest BCUT2D eigenvalue weighted by Crippen LogP contribution is -3.00. The lowest BCUT2D eigenvalue weighted by molar-refractivity contribution is -1.37. The number of quaternary nitrogens is 1. The zero-order valence-corrected chi connectivity index (χ0v) is 25.6. The van der Waals surface area contributed by atoms with Crippen molar-refractivity contribution in [3.63, 3.8) is 0 Å². The molecule has 0 fully saturated rings. The largest absolute Gasteiger partial charge is 1.00 e. The maximum absolute atomic E-state index is 5.63. The van der Waals surface area contributed by atoms with Crippen LogP contribution in [0.3, 0.4) is 0 Å². The van der Waals surface area contributed by atoms with Crippen molar-refractivity contribution in [2.24, 2.45) is 0 Å². The molecule has 0 heterocycles. The van der Waals surface area contributed by atoms with Crippen molar-refractivity contribution >= 4 is 10.2 Å². The van der Waals surface area contributed by atoms with Crippen LogP contribution >= 0.6 is 0 Å². The minimum atomic E-state index is -0.148. The number of hydrogen-bond donors (Lipinski definition) is 0. The van der Waals surface area contributed by atoms with Crippen LogP contribution in [0.25, 0.3) is 0 Å². The Labute approximate surface area is 210 Å². The second kappa shape index (κ2) is 21.9. The van der Waals surface area contributed by atoms with Crippen molar-refractivity contribution in [2.75, 3.05) is 21.3 Å². The van der Waals surface area contributed by atoms with Crippen LogP contribution < -0.4 is 12.4 Å². The van der Waals surface area contributed by atoms with Gasteiger partial charge in [0.25, 0.3) is 0 Å². The highest BCUT2D eigenvalue weighted by Gasteiger charge is 2.43. The normalized spacial score (nSPS) is 13.3. The van der Waals surface area contributed by atoms with E-state index in [4.69, 9.17) is 14.5 Å². The monoisotopic (exact) mass is 495 g/mol. The van der Waals surface area contributed by atoms with Gasteiger partial charge < -0.3 is 12.4 Å². The summed E-state index contributed by atoms with van der Waals surface area (Å²) < 4.78 is 0. The maximum Gasteiger partial charge on any atom is 0.188 e. The third kappa shape index (κ3) is 17.8. The summed E-state index contributed by atoms with van der Waals surface area (Å²) in [4.78, 5) is 16.7. The first kappa shape index (κ1) is 34.5. The van der Waals surface area contributed by atoms with E-state index < -0.39 is 0 Å². The molecule has 0 radical (unpaired) electrons. The molecule has 0 aliphatic rings. The lowest BCUT2D eigenvalue weighted by Gasteiger charge is -2.35. The Kier molecular flexibility index (Phi) is 23.6. The molecular weight excluding hydrogens is 438 g/mol.